The van der Waals surface area contributed by atoms with Gasteiger partial charge in [-0.15, -0.1) is 0 Å². The van der Waals surface area contributed by atoms with E-state index in [0.29, 0.717) is 18.8 Å². The van der Waals surface area contributed by atoms with Gasteiger partial charge in [-0.3, -0.25) is 4.79 Å². The molecule has 0 spiro atoms. The first-order valence-corrected chi connectivity index (χ1v) is 6.42. The Bertz CT molecular complexity index is 462. The van der Waals surface area contributed by atoms with E-state index >= 15 is 0 Å². The highest BCUT2D eigenvalue weighted by Gasteiger charge is 2.13. The summed E-state index contributed by atoms with van der Waals surface area (Å²) in [5.41, 5.74) is 1.62. The normalized spacial score (nSPS) is 10.1. The molecule has 0 heterocycles. The lowest BCUT2D eigenvalue weighted by Crippen LogP contribution is -2.36. The average molecular weight is 280 g/mol. The number of hydrogen-bond donors (Lipinski definition) is 2. The fraction of sp³-hybridized carbons (Fsp3) is 0.429. The van der Waals surface area contributed by atoms with Gasteiger partial charge in [0.05, 0.1) is 13.0 Å². The molecule has 2 amide bonds. The summed E-state index contributed by atoms with van der Waals surface area (Å²) in [6.45, 7) is 2.93. The zero-order valence-electron chi connectivity index (χ0n) is 11.8. The van der Waals surface area contributed by atoms with Crippen molar-refractivity contribution in [3.8, 4) is 0 Å². The number of carboxylic acids is 1. The first-order chi connectivity index (χ1) is 9.56. The zero-order chi connectivity index (χ0) is 15.0. The Balaban J connectivity index is 2.63. The lowest BCUT2D eigenvalue weighted by atomic mass is 10.2. The van der Waals surface area contributed by atoms with Crippen molar-refractivity contribution in [2.45, 2.75) is 20.0 Å². The number of nitrogens with zero attached hydrogens (tertiary/aromatic N) is 1. The standard InChI is InChI=1S/C14H20N2O4/c1-3-16(8-7-13(17)18)14(19)15-12-6-4-5-11(9-12)10-20-2/h4-6,9H,3,7-8,10H2,1-2H3,(H,15,19)(H,17,18). The van der Waals surface area contributed by atoms with Gasteiger partial charge in [-0.05, 0) is 24.6 Å². The summed E-state index contributed by atoms with van der Waals surface area (Å²) in [6, 6.07) is 7.04. The predicted molar refractivity (Wildman–Crippen MR) is 75.7 cm³/mol. The van der Waals surface area contributed by atoms with Crippen LogP contribution in [0.25, 0.3) is 0 Å². The molecule has 1 aromatic rings. The molecular weight excluding hydrogens is 260 g/mol. The minimum atomic E-state index is -0.918. The van der Waals surface area contributed by atoms with E-state index in [1.165, 1.54) is 4.90 Å². The second kappa shape index (κ2) is 8.16. The number of urea groups is 1. The molecule has 0 bridgehead atoms. The van der Waals surface area contributed by atoms with Gasteiger partial charge in [0, 0.05) is 25.9 Å². The first-order valence-electron chi connectivity index (χ1n) is 6.42. The van der Waals surface area contributed by atoms with Gasteiger partial charge in [0.25, 0.3) is 0 Å². The van der Waals surface area contributed by atoms with Crippen LogP contribution in [0.4, 0.5) is 10.5 Å². The number of methoxy groups -OCH3 is 1. The van der Waals surface area contributed by atoms with Crippen molar-refractivity contribution in [1.29, 1.82) is 0 Å². The maximum atomic E-state index is 12.0. The van der Waals surface area contributed by atoms with Crippen molar-refractivity contribution >= 4 is 17.7 Å². The van der Waals surface area contributed by atoms with Crippen LogP contribution in [-0.4, -0.2) is 42.2 Å². The molecule has 0 radical (unpaired) electrons. The second-order valence-corrected chi connectivity index (χ2v) is 4.29. The third-order valence-corrected chi connectivity index (χ3v) is 2.75. The third kappa shape index (κ3) is 5.27. The van der Waals surface area contributed by atoms with E-state index in [1.807, 2.05) is 25.1 Å². The first kappa shape index (κ1) is 16.0. The van der Waals surface area contributed by atoms with Gasteiger partial charge in [-0.2, -0.15) is 0 Å². The van der Waals surface area contributed by atoms with Gasteiger partial charge in [-0.1, -0.05) is 12.1 Å². The SMILES string of the molecule is CCN(CCC(=O)O)C(=O)Nc1cccc(COC)c1. The Morgan fingerprint density at radius 1 is 1.40 bits per heavy atom. The number of nitrogens with one attached hydrogen (secondary N) is 1. The monoisotopic (exact) mass is 280 g/mol. The minimum absolute atomic E-state index is 0.0645. The summed E-state index contributed by atoms with van der Waals surface area (Å²) in [5.74, 6) is -0.918. The number of carbonyl (C=O) groups is 2. The van der Waals surface area contributed by atoms with Crippen LogP contribution in [-0.2, 0) is 16.1 Å². The van der Waals surface area contributed by atoms with E-state index in [9.17, 15) is 9.59 Å². The minimum Gasteiger partial charge on any atom is -0.481 e. The van der Waals surface area contributed by atoms with E-state index in [4.69, 9.17) is 9.84 Å². The summed E-state index contributed by atoms with van der Waals surface area (Å²) in [4.78, 5) is 24.0. The van der Waals surface area contributed by atoms with Crippen molar-refractivity contribution in [2.24, 2.45) is 0 Å². The van der Waals surface area contributed by atoms with Crippen LogP contribution >= 0.6 is 0 Å². The molecule has 0 atom stereocenters. The highest BCUT2D eigenvalue weighted by molar-refractivity contribution is 5.89. The van der Waals surface area contributed by atoms with Crippen molar-refractivity contribution in [3.05, 3.63) is 29.8 Å². The van der Waals surface area contributed by atoms with Gasteiger partial charge in [0.15, 0.2) is 0 Å². The lowest BCUT2D eigenvalue weighted by Gasteiger charge is -2.20. The van der Waals surface area contributed by atoms with Crippen LogP contribution in [0.2, 0.25) is 0 Å². The second-order valence-electron chi connectivity index (χ2n) is 4.29. The molecule has 20 heavy (non-hydrogen) atoms. The summed E-state index contributed by atoms with van der Waals surface area (Å²) in [6.07, 6.45) is -0.0645. The molecule has 6 heteroatoms. The van der Waals surface area contributed by atoms with E-state index in [1.54, 1.807) is 13.2 Å². The highest BCUT2D eigenvalue weighted by atomic mass is 16.5. The number of benzene rings is 1. The highest BCUT2D eigenvalue weighted by Crippen LogP contribution is 2.12. The largest absolute Gasteiger partial charge is 0.481 e. The number of carbonyl (C=O) groups excluding carboxylic acids is 1. The predicted octanol–water partition coefficient (Wildman–Crippen LogP) is 2.16. The van der Waals surface area contributed by atoms with Gasteiger partial charge in [0.1, 0.15) is 0 Å². The fourth-order valence-corrected chi connectivity index (χ4v) is 1.74. The van der Waals surface area contributed by atoms with Crippen LogP contribution in [0, 0.1) is 0 Å². The van der Waals surface area contributed by atoms with Crippen LogP contribution in [0.1, 0.15) is 18.9 Å². The number of aliphatic carboxylic acids is 1. The Kier molecular flexibility index (Phi) is 6.52. The smallest absolute Gasteiger partial charge is 0.321 e. The van der Waals surface area contributed by atoms with Crippen LogP contribution in [0.3, 0.4) is 0 Å². The Hall–Kier alpha value is -2.08. The van der Waals surface area contributed by atoms with Gasteiger partial charge in [0.2, 0.25) is 0 Å². The van der Waals surface area contributed by atoms with E-state index in [2.05, 4.69) is 5.32 Å². The zero-order valence-corrected chi connectivity index (χ0v) is 11.8. The van der Waals surface area contributed by atoms with Crippen molar-refractivity contribution in [1.82, 2.24) is 4.90 Å². The lowest BCUT2D eigenvalue weighted by molar-refractivity contribution is -0.137. The Morgan fingerprint density at radius 2 is 2.15 bits per heavy atom. The van der Waals surface area contributed by atoms with Crippen LogP contribution in [0.15, 0.2) is 24.3 Å². The Labute approximate surface area is 118 Å². The van der Waals surface area contributed by atoms with Crippen LogP contribution < -0.4 is 5.32 Å². The number of rotatable bonds is 7. The van der Waals surface area contributed by atoms with E-state index in [-0.39, 0.29) is 19.0 Å². The van der Waals surface area contributed by atoms with Gasteiger partial charge < -0.3 is 20.1 Å². The number of anilines is 1. The van der Waals surface area contributed by atoms with Crippen molar-refractivity contribution in [3.63, 3.8) is 0 Å². The molecule has 2 N–H and O–H groups in total. The Morgan fingerprint density at radius 3 is 2.75 bits per heavy atom. The molecule has 0 fully saturated rings. The summed E-state index contributed by atoms with van der Waals surface area (Å²) < 4.78 is 5.03. The summed E-state index contributed by atoms with van der Waals surface area (Å²) in [5, 5.41) is 11.4. The third-order valence-electron chi connectivity index (χ3n) is 2.75. The molecule has 110 valence electrons. The number of ether oxygens (including phenoxy) is 1. The summed E-state index contributed by atoms with van der Waals surface area (Å²) >= 11 is 0. The number of hydrogen-bond acceptors (Lipinski definition) is 3. The summed E-state index contributed by atoms with van der Waals surface area (Å²) in [7, 11) is 1.61. The van der Waals surface area contributed by atoms with Gasteiger partial charge in [-0.25, -0.2) is 4.79 Å². The number of carboxylic acid groups (broad SMARTS) is 1. The maximum absolute atomic E-state index is 12.0. The molecule has 0 unspecified atom stereocenters. The molecule has 0 aliphatic carbocycles. The molecule has 1 rings (SSSR count). The fourth-order valence-electron chi connectivity index (χ4n) is 1.74. The van der Waals surface area contributed by atoms with Crippen molar-refractivity contribution < 1.29 is 19.4 Å². The molecule has 0 saturated heterocycles. The van der Waals surface area contributed by atoms with Gasteiger partial charge >= 0.3 is 12.0 Å². The molecule has 0 aliphatic rings. The molecule has 0 aliphatic heterocycles. The van der Waals surface area contributed by atoms with Crippen LogP contribution in [0.5, 0.6) is 0 Å². The topological polar surface area (TPSA) is 78.9 Å². The molecule has 0 aromatic heterocycles. The van der Waals surface area contributed by atoms with Crippen molar-refractivity contribution in [2.75, 3.05) is 25.5 Å². The maximum Gasteiger partial charge on any atom is 0.321 e. The van der Waals surface area contributed by atoms with E-state index < -0.39 is 5.97 Å². The molecule has 1 aromatic carbocycles. The van der Waals surface area contributed by atoms with E-state index in [0.717, 1.165) is 5.56 Å². The average Bonchev–Trinajstić information content (AvgIpc) is 2.40. The number of amides is 2. The molecular formula is C14H20N2O4. The molecule has 6 nitrogen and oxygen atoms in total. The quantitative estimate of drug-likeness (QED) is 0.802. The molecule has 0 saturated carbocycles.